The van der Waals surface area contributed by atoms with Crippen LogP contribution in [-0.2, 0) is 4.74 Å². The third-order valence-electron chi connectivity index (χ3n) is 4.04. The SMILES string of the molecule is CC(C)(C)OC(=O)N1CCN(C(=O)c2cc(F)cc3[nH]c(=S)[nH]c23)CC1. The highest BCUT2D eigenvalue weighted by atomic mass is 32.1. The largest absolute Gasteiger partial charge is 0.444 e. The van der Waals surface area contributed by atoms with E-state index in [1.165, 1.54) is 12.1 Å². The van der Waals surface area contributed by atoms with Gasteiger partial charge in [-0.15, -0.1) is 0 Å². The Labute approximate surface area is 155 Å². The number of hydrogen-bond acceptors (Lipinski definition) is 4. The van der Waals surface area contributed by atoms with Crippen molar-refractivity contribution in [1.82, 2.24) is 19.8 Å². The number of rotatable bonds is 1. The molecule has 0 atom stereocenters. The van der Waals surface area contributed by atoms with E-state index in [9.17, 15) is 14.0 Å². The number of H-pyrrole nitrogens is 2. The van der Waals surface area contributed by atoms with Gasteiger partial charge in [0.15, 0.2) is 4.77 Å². The van der Waals surface area contributed by atoms with Crippen LogP contribution >= 0.6 is 12.2 Å². The standard InChI is InChI=1S/C17H21FN4O3S/c1-17(2,3)25-16(24)22-6-4-21(5-7-22)14(23)11-8-10(18)9-12-13(11)20-15(26)19-12/h8-9H,4-7H2,1-3H3,(H2,19,20,26). The molecule has 0 aliphatic carbocycles. The van der Waals surface area contributed by atoms with E-state index in [1.807, 2.05) is 0 Å². The lowest BCUT2D eigenvalue weighted by Gasteiger charge is -2.35. The highest BCUT2D eigenvalue weighted by molar-refractivity contribution is 7.71. The first-order chi connectivity index (χ1) is 12.1. The number of amides is 2. The van der Waals surface area contributed by atoms with Gasteiger partial charge in [-0.1, -0.05) is 0 Å². The maximum Gasteiger partial charge on any atom is 0.410 e. The summed E-state index contributed by atoms with van der Waals surface area (Å²) in [5, 5.41) is 0. The lowest BCUT2D eigenvalue weighted by atomic mass is 10.1. The Morgan fingerprint density at radius 3 is 2.35 bits per heavy atom. The molecule has 2 aromatic rings. The maximum atomic E-state index is 13.9. The lowest BCUT2D eigenvalue weighted by molar-refractivity contribution is 0.0141. The Morgan fingerprint density at radius 2 is 1.73 bits per heavy atom. The molecule has 1 fully saturated rings. The number of nitrogens with zero attached hydrogens (tertiary/aromatic N) is 2. The third-order valence-corrected chi connectivity index (χ3v) is 4.24. The molecule has 2 amide bonds. The molecule has 3 rings (SSSR count). The van der Waals surface area contributed by atoms with Gasteiger partial charge in [-0.2, -0.15) is 0 Å². The van der Waals surface area contributed by atoms with Gasteiger partial charge in [0.1, 0.15) is 11.4 Å². The zero-order valence-electron chi connectivity index (χ0n) is 14.9. The van der Waals surface area contributed by atoms with E-state index in [0.717, 1.165) is 0 Å². The van der Waals surface area contributed by atoms with Gasteiger partial charge in [-0.3, -0.25) is 4.79 Å². The van der Waals surface area contributed by atoms with Gasteiger partial charge >= 0.3 is 6.09 Å². The van der Waals surface area contributed by atoms with E-state index in [2.05, 4.69) is 9.97 Å². The Kier molecular flexibility index (Phi) is 4.74. The van der Waals surface area contributed by atoms with Crippen LogP contribution in [0.1, 0.15) is 31.1 Å². The summed E-state index contributed by atoms with van der Waals surface area (Å²) >= 11 is 5.03. The number of imidazole rings is 1. The van der Waals surface area contributed by atoms with Crippen LogP contribution < -0.4 is 0 Å². The minimum atomic E-state index is -0.566. The number of piperazine rings is 1. The average Bonchev–Trinajstić information content (AvgIpc) is 2.92. The van der Waals surface area contributed by atoms with Gasteiger partial charge in [-0.05, 0) is 45.1 Å². The van der Waals surface area contributed by atoms with Crippen molar-refractivity contribution in [3.05, 3.63) is 28.3 Å². The average molecular weight is 380 g/mol. The normalized spacial score (nSPS) is 15.4. The third kappa shape index (κ3) is 3.87. The molecule has 1 aromatic heterocycles. The number of carbonyl (C=O) groups excluding carboxylic acids is 2. The zero-order chi connectivity index (χ0) is 19.1. The Bertz CT molecular complexity index is 907. The predicted octanol–water partition coefficient (Wildman–Crippen LogP) is 3.06. The first-order valence-corrected chi connectivity index (χ1v) is 8.73. The topological polar surface area (TPSA) is 81.4 Å². The quantitative estimate of drug-likeness (QED) is 0.745. The molecule has 0 radical (unpaired) electrons. The Balaban J connectivity index is 1.73. The predicted molar refractivity (Wildman–Crippen MR) is 97.2 cm³/mol. The summed E-state index contributed by atoms with van der Waals surface area (Å²) < 4.78 is 19.5. The van der Waals surface area contributed by atoms with Crippen molar-refractivity contribution in [2.24, 2.45) is 0 Å². The fourth-order valence-electron chi connectivity index (χ4n) is 2.86. The molecular weight excluding hydrogens is 359 g/mol. The van der Waals surface area contributed by atoms with Crippen molar-refractivity contribution < 1.29 is 18.7 Å². The second-order valence-corrected chi connectivity index (χ2v) is 7.62. The van der Waals surface area contributed by atoms with Gasteiger partial charge in [0, 0.05) is 26.2 Å². The molecule has 0 unspecified atom stereocenters. The lowest BCUT2D eigenvalue weighted by Crippen LogP contribution is -2.51. The molecule has 0 bridgehead atoms. The number of carbonyl (C=O) groups is 2. The van der Waals surface area contributed by atoms with E-state index in [0.29, 0.717) is 42.0 Å². The summed E-state index contributed by atoms with van der Waals surface area (Å²) in [6, 6.07) is 2.49. The van der Waals surface area contributed by atoms with Crippen molar-refractivity contribution in [3.63, 3.8) is 0 Å². The second-order valence-electron chi connectivity index (χ2n) is 7.21. The van der Waals surface area contributed by atoms with Gasteiger partial charge in [0.05, 0.1) is 16.6 Å². The minimum Gasteiger partial charge on any atom is -0.444 e. The molecule has 1 aliphatic heterocycles. The van der Waals surface area contributed by atoms with Crippen LogP contribution in [0.4, 0.5) is 9.18 Å². The zero-order valence-corrected chi connectivity index (χ0v) is 15.7. The number of aromatic nitrogens is 2. The van der Waals surface area contributed by atoms with E-state index in [4.69, 9.17) is 17.0 Å². The maximum absolute atomic E-state index is 13.9. The van der Waals surface area contributed by atoms with Crippen LogP contribution in [-0.4, -0.2) is 63.5 Å². The van der Waals surface area contributed by atoms with Crippen LogP contribution in [0.25, 0.3) is 11.0 Å². The van der Waals surface area contributed by atoms with Gasteiger partial charge in [-0.25, -0.2) is 9.18 Å². The van der Waals surface area contributed by atoms with E-state index in [-0.39, 0.29) is 11.5 Å². The number of nitrogens with one attached hydrogen (secondary N) is 2. The monoisotopic (exact) mass is 380 g/mol. The molecule has 0 spiro atoms. The molecule has 1 aromatic carbocycles. The first kappa shape index (κ1) is 18.4. The van der Waals surface area contributed by atoms with Crippen LogP contribution in [0.2, 0.25) is 0 Å². The Hall–Kier alpha value is -2.42. The van der Waals surface area contributed by atoms with Crippen LogP contribution in [0, 0.1) is 10.6 Å². The molecule has 140 valence electrons. The molecule has 1 saturated heterocycles. The highest BCUT2D eigenvalue weighted by Gasteiger charge is 2.29. The van der Waals surface area contributed by atoms with Crippen LogP contribution in [0.3, 0.4) is 0 Å². The van der Waals surface area contributed by atoms with Gasteiger partial charge < -0.3 is 24.5 Å². The van der Waals surface area contributed by atoms with Crippen molar-refractivity contribution in [2.45, 2.75) is 26.4 Å². The number of hydrogen-bond donors (Lipinski definition) is 2. The molecule has 2 N–H and O–H groups in total. The van der Waals surface area contributed by atoms with Crippen molar-refractivity contribution in [1.29, 1.82) is 0 Å². The number of benzene rings is 1. The van der Waals surface area contributed by atoms with Crippen LogP contribution in [0.5, 0.6) is 0 Å². The minimum absolute atomic E-state index is 0.220. The number of halogens is 1. The molecular formula is C17H21FN4O3S. The van der Waals surface area contributed by atoms with E-state index >= 15 is 0 Å². The first-order valence-electron chi connectivity index (χ1n) is 8.33. The summed E-state index contributed by atoms with van der Waals surface area (Å²) in [6.45, 7) is 6.84. The molecule has 2 heterocycles. The smallest absolute Gasteiger partial charge is 0.410 e. The van der Waals surface area contributed by atoms with Gasteiger partial charge in [0.25, 0.3) is 5.91 Å². The molecule has 7 nitrogen and oxygen atoms in total. The molecule has 0 saturated carbocycles. The number of ether oxygens (including phenoxy) is 1. The fraction of sp³-hybridized carbons (Fsp3) is 0.471. The van der Waals surface area contributed by atoms with Crippen molar-refractivity contribution in [2.75, 3.05) is 26.2 Å². The second kappa shape index (κ2) is 6.71. The van der Waals surface area contributed by atoms with E-state index in [1.54, 1.807) is 30.6 Å². The molecule has 9 heteroatoms. The van der Waals surface area contributed by atoms with Gasteiger partial charge in [0.2, 0.25) is 0 Å². The summed E-state index contributed by atoms with van der Waals surface area (Å²) in [5.41, 5.74) is 0.586. The summed E-state index contributed by atoms with van der Waals surface area (Å²) in [5.74, 6) is -0.818. The summed E-state index contributed by atoms with van der Waals surface area (Å²) in [7, 11) is 0. The fourth-order valence-corrected chi connectivity index (χ4v) is 3.08. The van der Waals surface area contributed by atoms with Crippen molar-refractivity contribution >= 4 is 35.3 Å². The van der Waals surface area contributed by atoms with Crippen molar-refractivity contribution in [3.8, 4) is 0 Å². The summed E-state index contributed by atoms with van der Waals surface area (Å²) in [4.78, 5) is 33.8. The number of fused-ring (bicyclic) bond motifs is 1. The highest BCUT2D eigenvalue weighted by Crippen LogP contribution is 2.21. The summed E-state index contributed by atoms with van der Waals surface area (Å²) in [6.07, 6.45) is -0.396. The number of aromatic amines is 2. The molecule has 1 aliphatic rings. The van der Waals surface area contributed by atoms with Crippen LogP contribution in [0.15, 0.2) is 12.1 Å². The van der Waals surface area contributed by atoms with E-state index < -0.39 is 17.5 Å². The Morgan fingerprint density at radius 1 is 1.12 bits per heavy atom. The molecule has 26 heavy (non-hydrogen) atoms.